The first kappa shape index (κ1) is 16.6. The van der Waals surface area contributed by atoms with Crippen LogP contribution in [0, 0.1) is 5.92 Å². The molecule has 1 N–H and O–H groups in total. The molecule has 5 heteroatoms. The van der Waals surface area contributed by atoms with Gasteiger partial charge in [-0.25, -0.2) is 0 Å². The van der Waals surface area contributed by atoms with Crippen molar-refractivity contribution in [3.05, 3.63) is 60.2 Å². The molecule has 1 aromatic heterocycles. The van der Waals surface area contributed by atoms with Gasteiger partial charge < -0.3 is 5.32 Å². The van der Waals surface area contributed by atoms with Gasteiger partial charge >= 0.3 is 0 Å². The fraction of sp³-hybridized carbons (Fsp3) is 0.421. The summed E-state index contributed by atoms with van der Waals surface area (Å²) in [5.41, 5.74) is 2.22. The Morgan fingerprint density at radius 2 is 2.12 bits per heavy atom. The normalized spacial score (nSPS) is 17.8. The maximum Gasteiger partial charge on any atom is 0.220 e. The molecule has 3 rings (SSSR count). The Morgan fingerprint density at radius 3 is 2.92 bits per heavy atom. The molecular formula is C19H24N4O. The fourth-order valence-electron chi connectivity index (χ4n) is 3.11. The minimum absolute atomic E-state index is 0.0992. The van der Waals surface area contributed by atoms with Gasteiger partial charge in [0.05, 0.1) is 5.69 Å². The average Bonchev–Trinajstić information content (AvgIpc) is 3.07. The van der Waals surface area contributed by atoms with Crippen LogP contribution in [0.15, 0.2) is 48.9 Å². The highest BCUT2D eigenvalue weighted by Gasteiger charge is 2.22. The van der Waals surface area contributed by atoms with Crippen LogP contribution in [0.1, 0.15) is 24.1 Å². The van der Waals surface area contributed by atoms with Crippen molar-refractivity contribution in [3.8, 4) is 0 Å². The number of hydrogen-bond donors (Lipinski definition) is 1. The van der Waals surface area contributed by atoms with Gasteiger partial charge in [0.2, 0.25) is 5.91 Å². The van der Waals surface area contributed by atoms with Crippen molar-refractivity contribution in [1.82, 2.24) is 20.2 Å². The minimum atomic E-state index is 0.0992. The largest absolute Gasteiger partial charge is 0.356 e. The molecule has 1 aliphatic heterocycles. The second-order valence-corrected chi connectivity index (χ2v) is 6.38. The summed E-state index contributed by atoms with van der Waals surface area (Å²) >= 11 is 0. The number of carbonyl (C=O) groups excluding carboxylic acids is 1. The van der Waals surface area contributed by atoms with E-state index in [1.165, 1.54) is 5.56 Å². The molecular weight excluding hydrogens is 300 g/mol. The van der Waals surface area contributed by atoms with Crippen molar-refractivity contribution >= 4 is 5.91 Å². The molecule has 0 bridgehead atoms. The quantitative estimate of drug-likeness (QED) is 0.847. The molecule has 1 unspecified atom stereocenters. The SMILES string of the molecule is O=C(CCc1cnccn1)NCC1CCN(Cc2ccccc2)C1. The van der Waals surface area contributed by atoms with Crippen molar-refractivity contribution in [2.45, 2.75) is 25.8 Å². The third kappa shape index (κ3) is 5.13. The number of rotatable bonds is 7. The van der Waals surface area contributed by atoms with Gasteiger partial charge in [0.15, 0.2) is 0 Å². The lowest BCUT2D eigenvalue weighted by molar-refractivity contribution is -0.121. The molecule has 0 saturated carbocycles. The number of aromatic nitrogens is 2. The topological polar surface area (TPSA) is 58.1 Å². The number of nitrogens with one attached hydrogen (secondary N) is 1. The molecule has 0 spiro atoms. The number of aryl methyl sites for hydroxylation is 1. The molecule has 0 radical (unpaired) electrons. The zero-order valence-electron chi connectivity index (χ0n) is 13.9. The summed E-state index contributed by atoms with van der Waals surface area (Å²) in [5, 5.41) is 3.07. The van der Waals surface area contributed by atoms with Crippen LogP contribution in [0.3, 0.4) is 0 Å². The van der Waals surface area contributed by atoms with Gasteiger partial charge in [-0.15, -0.1) is 0 Å². The third-order valence-corrected chi connectivity index (χ3v) is 4.43. The van der Waals surface area contributed by atoms with E-state index in [0.717, 1.165) is 38.3 Å². The zero-order chi connectivity index (χ0) is 16.6. The number of amides is 1. The van der Waals surface area contributed by atoms with Crippen LogP contribution >= 0.6 is 0 Å². The highest BCUT2D eigenvalue weighted by atomic mass is 16.1. The Morgan fingerprint density at radius 1 is 1.25 bits per heavy atom. The van der Waals surface area contributed by atoms with Crippen LogP contribution in [-0.4, -0.2) is 40.4 Å². The highest BCUT2D eigenvalue weighted by molar-refractivity contribution is 5.76. The number of nitrogens with zero attached hydrogens (tertiary/aromatic N) is 3. The summed E-state index contributed by atoms with van der Waals surface area (Å²) < 4.78 is 0. The first-order valence-electron chi connectivity index (χ1n) is 8.57. The molecule has 24 heavy (non-hydrogen) atoms. The van der Waals surface area contributed by atoms with Crippen LogP contribution in [0.25, 0.3) is 0 Å². The van der Waals surface area contributed by atoms with Gasteiger partial charge in [-0.1, -0.05) is 30.3 Å². The Bertz CT molecular complexity index is 632. The number of benzene rings is 1. The first-order valence-corrected chi connectivity index (χ1v) is 8.57. The third-order valence-electron chi connectivity index (χ3n) is 4.43. The van der Waals surface area contributed by atoms with E-state index in [2.05, 4.69) is 44.5 Å². The van der Waals surface area contributed by atoms with E-state index < -0.39 is 0 Å². The van der Waals surface area contributed by atoms with Gasteiger partial charge in [-0.3, -0.25) is 19.7 Å². The van der Waals surface area contributed by atoms with E-state index in [9.17, 15) is 4.79 Å². The Kier molecular flexibility index (Phi) is 5.90. The summed E-state index contributed by atoms with van der Waals surface area (Å²) in [7, 11) is 0. The summed E-state index contributed by atoms with van der Waals surface area (Å²) in [6.07, 6.45) is 7.28. The van der Waals surface area contributed by atoms with Crippen molar-refractivity contribution in [3.63, 3.8) is 0 Å². The van der Waals surface area contributed by atoms with Gasteiger partial charge in [0.1, 0.15) is 0 Å². The first-order chi connectivity index (χ1) is 11.8. The number of likely N-dealkylation sites (tertiary alicyclic amines) is 1. The van der Waals surface area contributed by atoms with Gasteiger partial charge in [0, 0.05) is 44.6 Å². The lowest BCUT2D eigenvalue weighted by Crippen LogP contribution is -2.31. The molecule has 5 nitrogen and oxygen atoms in total. The van der Waals surface area contributed by atoms with Crippen molar-refractivity contribution in [1.29, 1.82) is 0 Å². The van der Waals surface area contributed by atoms with Crippen molar-refractivity contribution in [2.75, 3.05) is 19.6 Å². The molecule has 1 fully saturated rings. The van der Waals surface area contributed by atoms with Crippen molar-refractivity contribution in [2.24, 2.45) is 5.92 Å². The predicted octanol–water partition coefficient (Wildman–Crippen LogP) is 2.05. The lowest BCUT2D eigenvalue weighted by atomic mass is 10.1. The van der Waals surface area contributed by atoms with Crippen LogP contribution < -0.4 is 5.32 Å². The summed E-state index contributed by atoms with van der Waals surface area (Å²) in [6.45, 7) is 3.93. The van der Waals surface area contributed by atoms with E-state index >= 15 is 0 Å². The molecule has 1 aliphatic rings. The lowest BCUT2D eigenvalue weighted by Gasteiger charge is -2.16. The Labute approximate surface area is 143 Å². The van der Waals surface area contributed by atoms with E-state index in [0.29, 0.717) is 18.8 Å². The molecule has 1 amide bonds. The van der Waals surface area contributed by atoms with E-state index in [1.54, 1.807) is 18.6 Å². The van der Waals surface area contributed by atoms with E-state index in [1.807, 2.05) is 6.07 Å². The average molecular weight is 324 g/mol. The van der Waals surface area contributed by atoms with Crippen LogP contribution in [0.5, 0.6) is 0 Å². The van der Waals surface area contributed by atoms with E-state index in [-0.39, 0.29) is 5.91 Å². The number of hydrogen-bond acceptors (Lipinski definition) is 4. The zero-order valence-corrected chi connectivity index (χ0v) is 13.9. The monoisotopic (exact) mass is 324 g/mol. The van der Waals surface area contributed by atoms with Crippen LogP contribution in [-0.2, 0) is 17.8 Å². The van der Waals surface area contributed by atoms with Gasteiger partial charge in [-0.05, 0) is 30.9 Å². The summed E-state index contributed by atoms with van der Waals surface area (Å²) in [5.74, 6) is 0.649. The predicted molar refractivity (Wildman–Crippen MR) is 93.2 cm³/mol. The van der Waals surface area contributed by atoms with Crippen LogP contribution in [0.2, 0.25) is 0 Å². The maximum atomic E-state index is 12.0. The maximum absolute atomic E-state index is 12.0. The molecule has 1 aromatic carbocycles. The fourth-order valence-corrected chi connectivity index (χ4v) is 3.11. The summed E-state index contributed by atoms with van der Waals surface area (Å²) in [6, 6.07) is 10.6. The number of carbonyl (C=O) groups is 1. The molecule has 2 aromatic rings. The standard InChI is InChI=1S/C19H24N4O/c24-19(7-6-18-13-20-9-10-21-18)22-12-17-8-11-23(15-17)14-16-4-2-1-3-5-16/h1-5,9-10,13,17H,6-8,11-12,14-15H2,(H,22,24). The molecule has 126 valence electrons. The Hall–Kier alpha value is -2.27. The van der Waals surface area contributed by atoms with Gasteiger partial charge in [0.25, 0.3) is 0 Å². The second-order valence-electron chi connectivity index (χ2n) is 6.38. The van der Waals surface area contributed by atoms with Crippen LogP contribution in [0.4, 0.5) is 0 Å². The van der Waals surface area contributed by atoms with E-state index in [4.69, 9.17) is 0 Å². The minimum Gasteiger partial charge on any atom is -0.356 e. The smallest absolute Gasteiger partial charge is 0.220 e. The Balaban J connectivity index is 1.34. The summed E-state index contributed by atoms with van der Waals surface area (Å²) in [4.78, 5) is 22.6. The highest BCUT2D eigenvalue weighted by Crippen LogP contribution is 2.18. The molecule has 0 aliphatic carbocycles. The second kappa shape index (κ2) is 8.55. The van der Waals surface area contributed by atoms with Crippen molar-refractivity contribution < 1.29 is 4.79 Å². The molecule has 1 atom stereocenters. The molecule has 2 heterocycles. The van der Waals surface area contributed by atoms with Gasteiger partial charge in [-0.2, -0.15) is 0 Å². The molecule has 1 saturated heterocycles.